The number of nitrogens with two attached hydrogens (primary N) is 1. The molecule has 0 amide bonds. The van der Waals surface area contributed by atoms with Crippen LogP contribution in [0.2, 0.25) is 0 Å². The van der Waals surface area contributed by atoms with Crippen molar-refractivity contribution in [3.63, 3.8) is 0 Å². The number of aliphatic imine (C=N–C) groups is 1. The second kappa shape index (κ2) is 8.62. The molecule has 5 heteroatoms. The van der Waals surface area contributed by atoms with Gasteiger partial charge in [-0.25, -0.2) is 14.8 Å². The minimum Gasteiger partial charge on any atom is -0.462 e. The van der Waals surface area contributed by atoms with Gasteiger partial charge in [0, 0.05) is 11.8 Å². The summed E-state index contributed by atoms with van der Waals surface area (Å²) >= 11 is 0. The second-order valence-corrected chi connectivity index (χ2v) is 6.39. The van der Waals surface area contributed by atoms with Gasteiger partial charge >= 0.3 is 5.97 Å². The van der Waals surface area contributed by atoms with Gasteiger partial charge in [0.05, 0.1) is 23.6 Å². The maximum Gasteiger partial charge on any atom is 0.341 e. The maximum absolute atomic E-state index is 12.1. The summed E-state index contributed by atoms with van der Waals surface area (Å²) < 4.78 is 5.07. The number of esters is 1. The Bertz CT molecular complexity index is 900. The standard InChI is InChI=1S/C22H25N3O2/c1-3-19(18(14-23)22(26)27-4-2)24-21-13-7-12-20(25-21)17-11-6-9-15-8-5-10-16(15)17/h6-7,9,11-14H,3-5,8,10,23H2,1-2H3. The second-order valence-electron chi connectivity index (χ2n) is 6.39. The number of fused-ring (bicyclic) bond motifs is 1. The molecule has 0 fully saturated rings. The quantitative estimate of drug-likeness (QED) is 0.476. The number of nitrogens with zero attached hydrogens (tertiary/aromatic N) is 2. The Morgan fingerprint density at radius 3 is 2.78 bits per heavy atom. The van der Waals surface area contributed by atoms with Crippen LogP contribution in [-0.4, -0.2) is 23.3 Å². The predicted octanol–water partition coefficient (Wildman–Crippen LogP) is 4.13. The third kappa shape index (κ3) is 4.08. The molecule has 1 aromatic carbocycles. The van der Waals surface area contributed by atoms with Crippen LogP contribution in [-0.2, 0) is 22.4 Å². The molecule has 0 atom stereocenters. The first-order valence-electron chi connectivity index (χ1n) is 9.43. The number of carbonyl (C=O) groups is 1. The molecule has 1 aliphatic carbocycles. The van der Waals surface area contributed by atoms with Crippen LogP contribution in [0.1, 0.15) is 37.8 Å². The first-order valence-corrected chi connectivity index (χ1v) is 9.43. The summed E-state index contributed by atoms with van der Waals surface area (Å²) in [7, 11) is 0. The highest BCUT2D eigenvalue weighted by Crippen LogP contribution is 2.32. The average molecular weight is 363 g/mol. The summed E-state index contributed by atoms with van der Waals surface area (Å²) in [6.07, 6.45) is 5.21. The third-order valence-electron chi connectivity index (χ3n) is 4.71. The minimum atomic E-state index is -0.461. The van der Waals surface area contributed by atoms with Crippen LogP contribution in [0.15, 0.2) is 53.2 Å². The van der Waals surface area contributed by atoms with Gasteiger partial charge in [-0.1, -0.05) is 31.2 Å². The van der Waals surface area contributed by atoms with E-state index < -0.39 is 5.97 Å². The maximum atomic E-state index is 12.1. The topological polar surface area (TPSA) is 77.6 Å². The molecular weight excluding hydrogens is 338 g/mol. The lowest BCUT2D eigenvalue weighted by molar-refractivity contribution is -0.137. The van der Waals surface area contributed by atoms with E-state index in [1.807, 2.05) is 25.1 Å². The van der Waals surface area contributed by atoms with E-state index in [4.69, 9.17) is 15.5 Å². The first kappa shape index (κ1) is 18.8. The molecule has 2 aromatic rings. The van der Waals surface area contributed by atoms with Crippen molar-refractivity contribution < 1.29 is 9.53 Å². The normalized spacial score (nSPS) is 14.1. The number of benzene rings is 1. The number of aromatic nitrogens is 1. The van der Waals surface area contributed by atoms with Crippen molar-refractivity contribution in [3.8, 4) is 11.3 Å². The van der Waals surface area contributed by atoms with Crippen molar-refractivity contribution >= 4 is 17.5 Å². The zero-order chi connectivity index (χ0) is 19.2. The van der Waals surface area contributed by atoms with Crippen LogP contribution in [0.5, 0.6) is 0 Å². The highest BCUT2D eigenvalue weighted by atomic mass is 16.5. The fourth-order valence-electron chi connectivity index (χ4n) is 3.45. The SMILES string of the molecule is CCOC(=O)C(=CN)C(CC)=Nc1cccc(-c2cccc3c2CCC3)n1. The Labute approximate surface area is 160 Å². The van der Waals surface area contributed by atoms with Gasteiger partial charge in [-0.15, -0.1) is 0 Å². The van der Waals surface area contributed by atoms with Gasteiger partial charge in [0.2, 0.25) is 0 Å². The molecule has 1 aliphatic rings. The molecule has 0 aliphatic heterocycles. The number of hydrogen-bond donors (Lipinski definition) is 1. The number of carbonyl (C=O) groups excluding carboxylic acids is 1. The molecule has 0 radical (unpaired) electrons. The zero-order valence-electron chi connectivity index (χ0n) is 15.9. The van der Waals surface area contributed by atoms with E-state index in [0.717, 1.165) is 18.5 Å². The lowest BCUT2D eigenvalue weighted by Crippen LogP contribution is -2.17. The van der Waals surface area contributed by atoms with Crippen LogP contribution in [0, 0.1) is 0 Å². The van der Waals surface area contributed by atoms with Crippen LogP contribution in [0.3, 0.4) is 0 Å². The van der Waals surface area contributed by atoms with E-state index in [1.165, 1.54) is 29.3 Å². The van der Waals surface area contributed by atoms with Crippen molar-refractivity contribution in [1.82, 2.24) is 4.98 Å². The molecule has 1 aromatic heterocycles. The van der Waals surface area contributed by atoms with E-state index in [0.29, 0.717) is 24.6 Å². The summed E-state index contributed by atoms with van der Waals surface area (Å²) in [5.74, 6) is 0.0984. The summed E-state index contributed by atoms with van der Waals surface area (Å²) in [5, 5.41) is 0. The van der Waals surface area contributed by atoms with E-state index in [9.17, 15) is 4.79 Å². The molecule has 0 unspecified atom stereocenters. The van der Waals surface area contributed by atoms with Crippen molar-refractivity contribution in [3.05, 3.63) is 59.3 Å². The number of ether oxygens (including phenoxy) is 1. The average Bonchev–Trinajstić information content (AvgIpc) is 3.17. The number of rotatable bonds is 6. The number of aryl methyl sites for hydroxylation is 1. The zero-order valence-corrected chi connectivity index (χ0v) is 15.9. The first-order chi connectivity index (χ1) is 13.2. The van der Waals surface area contributed by atoms with Gasteiger partial charge in [-0.2, -0.15) is 0 Å². The van der Waals surface area contributed by atoms with Gasteiger partial charge in [0.25, 0.3) is 0 Å². The molecule has 1 heterocycles. The Balaban J connectivity index is 1.97. The van der Waals surface area contributed by atoms with E-state index in [-0.39, 0.29) is 5.57 Å². The summed E-state index contributed by atoms with van der Waals surface area (Å²) in [5.41, 5.74) is 11.4. The van der Waals surface area contributed by atoms with Gasteiger partial charge in [-0.05, 0) is 55.9 Å². The van der Waals surface area contributed by atoms with Crippen LogP contribution in [0.25, 0.3) is 11.3 Å². The number of pyridine rings is 1. The van der Waals surface area contributed by atoms with E-state index >= 15 is 0 Å². The monoisotopic (exact) mass is 363 g/mol. The highest BCUT2D eigenvalue weighted by molar-refractivity contribution is 6.20. The summed E-state index contributed by atoms with van der Waals surface area (Å²) in [4.78, 5) is 21.4. The van der Waals surface area contributed by atoms with Gasteiger partial charge in [0.15, 0.2) is 5.82 Å². The Morgan fingerprint density at radius 2 is 2.04 bits per heavy atom. The van der Waals surface area contributed by atoms with Crippen molar-refractivity contribution in [2.24, 2.45) is 10.7 Å². The smallest absolute Gasteiger partial charge is 0.341 e. The lowest BCUT2D eigenvalue weighted by atomic mass is 10.0. The van der Waals surface area contributed by atoms with Crippen molar-refractivity contribution in [1.29, 1.82) is 0 Å². The van der Waals surface area contributed by atoms with Crippen LogP contribution >= 0.6 is 0 Å². The van der Waals surface area contributed by atoms with Crippen LogP contribution < -0.4 is 5.73 Å². The predicted molar refractivity (Wildman–Crippen MR) is 108 cm³/mol. The molecule has 0 bridgehead atoms. The highest BCUT2D eigenvalue weighted by Gasteiger charge is 2.18. The molecular formula is C22H25N3O2. The Morgan fingerprint density at radius 1 is 1.22 bits per heavy atom. The molecule has 140 valence electrons. The molecule has 5 nitrogen and oxygen atoms in total. The Hall–Kier alpha value is -2.95. The van der Waals surface area contributed by atoms with E-state index in [1.54, 1.807) is 6.92 Å². The lowest BCUT2D eigenvalue weighted by Gasteiger charge is -2.10. The third-order valence-corrected chi connectivity index (χ3v) is 4.71. The fraction of sp³-hybridized carbons (Fsp3) is 0.318. The molecule has 0 saturated heterocycles. The van der Waals surface area contributed by atoms with Crippen molar-refractivity contribution in [2.75, 3.05) is 6.61 Å². The number of hydrogen-bond acceptors (Lipinski definition) is 5. The molecule has 27 heavy (non-hydrogen) atoms. The molecule has 3 rings (SSSR count). The molecule has 0 spiro atoms. The fourth-order valence-corrected chi connectivity index (χ4v) is 3.45. The van der Waals surface area contributed by atoms with Crippen LogP contribution in [0.4, 0.5) is 5.82 Å². The largest absolute Gasteiger partial charge is 0.462 e. The molecule has 2 N–H and O–H groups in total. The summed E-state index contributed by atoms with van der Waals surface area (Å²) in [6.45, 7) is 3.98. The minimum absolute atomic E-state index is 0.284. The Kier molecular flexibility index (Phi) is 6.01. The van der Waals surface area contributed by atoms with Gasteiger partial charge in [0.1, 0.15) is 0 Å². The van der Waals surface area contributed by atoms with Crippen molar-refractivity contribution in [2.45, 2.75) is 39.5 Å². The van der Waals surface area contributed by atoms with E-state index in [2.05, 4.69) is 23.2 Å². The summed E-state index contributed by atoms with van der Waals surface area (Å²) in [6, 6.07) is 12.2. The molecule has 0 saturated carbocycles. The van der Waals surface area contributed by atoms with Gasteiger partial charge < -0.3 is 10.5 Å². The van der Waals surface area contributed by atoms with Gasteiger partial charge in [-0.3, -0.25) is 0 Å².